The second-order valence-corrected chi connectivity index (χ2v) is 9.82. The number of benzene rings is 2. The van der Waals surface area contributed by atoms with E-state index in [1.807, 2.05) is 13.0 Å². The second kappa shape index (κ2) is 7.74. The van der Waals surface area contributed by atoms with E-state index in [0.29, 0.717) is 30.9 Å². The largest absolute Gasteiger partial charge is 0.322 e. The van der Waals surface area contributed by atoms with Crippen molar-refractivity contribution in [2.24, 2.45) is 0 Å². The van der Waals surface area contributed by atoms with Gasteiger partial charge in [0.05, 0.1) is 15.1 Å². The zero-order chi connectivity index (χ0) is 20.6. The molecule has 0 radical (unpaired) electrons. The molecule has 1 aliphatic rings. The van der Waals surface area contributed by atoms with Crippen LogP contribution in [0.1, 0.15) is 30.1 Å². The van der Waals surface area contributed by atoms with Crippen LogP contribution in [0.3, 0.4) is 0 Å². The summed E-state index contributed by atoms with van der Waals surface area (Å²) in [7, 11) is -3.50. The smallest absolute Gasteiger partial charge is 0.308 e. The van der Waals surface area contributed by atoms with Crippen LogP contribution in [0.5, 0.6) is 0 Å². The summed E-state index contributed by atoms with van der Waals surface area (Å²) in [6.07, 6.45) is 1.75. The summed E-state index contributed by atoms with van der Waals surface area (Å²) in [5.74, 6) is -0.336. The molecule has 1 N–H and O–H groups in total. The number of anilines is 1. The average molecular weight is 432 g/mol. The minimum Gasteiger partial charge on any atom is -0.322 e. The number of aryl methyl sites for hydroxylation is 1. The summed E-state index contributed by atoms with van der Waals surface area (Å²) in [5, 5.41) is 2.81. The van der Waals surface area contributed by atoms with E-state index in [1.54, 1.807) is 16.7 Å². The number of carbonyl (C=O) groups excluding carboxylic acids is 1. The molecule has 1 aromatic heterocycles. The average Bonchev–Trinajstić information content (AvgIpc) is 3.35. The number of amides is 1. The monoisotopic (exact) mass is 431 g/mol. The fourth-order valence-corrected chi connectivity index (χ4v) is 6.01. The van der Waals surface area contributed by atoms with Gasteiger partial charge in [0.15, 0.2) is 0 Å². The van der Waals surface area contributed by atoms with E-state index in [1.165, 1.54) is 28.6 Å². The van der Waals surface area contributed by atoms with Crippen molar-refractivity contribution in [2.45, 2.75) is 31.2 Å². The highest BCUT2D eigenvalue weighted by atomic mass is 32.2. The molecule has 0 aliphatic carbocycles. The van der Waals surface area contributed by atoms with E-state index < -0.39 is 10.0 Å². The van der Waals surface area contributed by atoms with Gasteiger partial charge < -0.3 is 5.32 Å². The molecular weight excluding hydrogens is 410 g/mol. The van der Waals surface area contributed by atoms with Crippen molar-refractivity contribution in [3.63, 3.8) is 0 Å². The first-order valence-electron chi connectivity index (χ1n) is 9.45. The zero-order valence-electron chi connectivity index (χ0n) is 15.9. The normalized spacial score (nSPS) is 15.1. The molecule has 1 aliphatic heterocycles. The Bertz CT molecular complexity index is 1220. The molecule has 0 bridgehead atoms. The summed E-state index contributed by atoms with van der Waals surface area (Å²) in [6, 6.07) is 11.3. The molecule has 0 atom stereocenters. The van der Waals surface area contributed by atoms with Crippen LogP contribution in [0.2, 0.25) is 0 Å². The Kier molecular flexibility index (Phi) is 5.28. The van der Waals surface area contributed by atoms with Gasteiger partial charge in [-0.2, -0.15) is 4.31 Å². The number of hydrogen-bond donors (Lipinski definition) is 1. The summed E-state index contributed by atoms with van der Waals surface area (Å²) >= 11 is 1.14. The molecular formula is C20H21N3O4S2. The van der Waals surface area contributed by atoms with Crippen molar-refractivity contribution in [2.75, 3.05) is 18.4 Å². The maximum atomic E-state index is 12.6. The predicted molar refractivity (Wildman–Crippen MR) is 114 cm³/mol. The number of thiazole rings is 1. The SMILES string of the molecule is CCn1c(=O)sc2cc(NC(=O)c3ccc(S(=O)(=O)N4CCCC4)cc3)ccc21. The molecule has 152 valence electrons. The van der Waals surface area contributed by atoms with Crippen molar-refractivity contribution in [3.05, 3.63) is 57.7 Å². The molecule has 1 amide bonds. The second-order valence-electron chi connectivity index (χ2n) is 6.88. The fraction of sp³-hybridized carbons (Fsp3) is 0.300. The third-order valence-corrected chi connectivity index (χ3v) is 7.92. The van der Waals surface area contributed by atoms with Gasteiger partial charge in [0, 0.05) is 30.9 Å². The number of carbonyl (C=O) groups is 1. The summed E-state index contributed by atoms with van der Waals surface area (Å²) in [6.45, 7) is 3.59. The maximum absolute atomic E-state index is 12.6. The maximum Gasteiger partial charge on any atom is 0.308 e. The molecule has 9 heteroatoms. The van der Waals surface area contributed by atoms with Crippen LogP contribution < -0.4 is 10.2 Å². The lowest BCUT2D eigenvalue weighted by Crippen LogP contribution is -2.27. The molecule has 0 saturated carbocycles. The number of sulfonamides is 1. The van der Waals surface area contributed by atoms with Gasteiger partial charge in [-0.05, 0) is 62.2 Å². The number of nitrogens with one attached hydrogen (secondary N) is 1. The quantitative estimate of drug-likeness (QED) is 0.672. The lowest BCUT2D eigenvalue weighted by atomic mass is 10.2. The Balaban J connectivity index is 1.53. The van der Waals surface area contributed by atoms with E-state index in [4.69, 9.17) is 0 Å². The first-order chi connectivity index (χ1) is 13.9. The summed E-state index contributed by atoms with van der Waals surface area (Å²) in [4.78, 5) is 24.7. The molecule has 4 rings (SSSR count). The van der Waals surface area contributed by atoms with Gasteiger partial charge in [0.25, 0.3) is 5.91 Å². The molecule has 2 heterocycles. The zero-order valence-corrected chi connectivity index (χ0v) is 17.6. The fourth-order valence-electron chi connectivity index (χ4n) is 3.50. The van der Waals surface area contributed by atoms with Crippen LogP contribution in [0.4, 0.5) is 5.69 Å². The van der Waals surface area contributed by atoms with Crippen LogP contribution in [0.25, 0.3) is 10.2 Å². The molecule has 0 unspecified atom stereocenters. The van der Waals surface area contributed by atoms with E-state index in [9.17, 15) is 18.0 Å². The first-order valence-corrected chi connectivity index (χ1v) is 11.7. The molecule has 3 aromatic rings. The minimum absolute atomic E-state index is 0.0271. The number of rotatable bonds is 5. The molecule has 1 fully saturated rings. The molecule has 1 saturated heterocycles. The van der Waals surface area contributed by atoms with Crippen molar-refractivity contribution in [3.8, 4) is 0 Å². The Morgan fingerprint density at radius 3 is 2.45 bits per heavy atom. The Morgan fingerprint density at radius 1 is 1.10 bits per heavy atom. The van der Waals surface area contributed by atoms with E-state index >= 15 is 0 Å². The first kappa shape index (κ1) is 19.8. The lowest BCUT2D eigenvalue weighted by molar-refractivity contribution is 0.102. The molecule has 7 nitrogen and oxygen atoms in total. The van der Waals surface area contributed by atoms with Gasteiger partial charge >= 0.3 is 4.87 Å². The Morgan fingerprint density at radius 2 is 1.79 bits per heavy atom. The standard InChI is InChI=1S/C20H21N3O4S2/c1-2-23-17-10-7-15(13-18(17)28-20(23)25)21-19(24)14-5-8-16(9-6-14)29(26,27)22-11-3-4-12-22/h5-10,13H,2-4,11-12H2,1H3,(H,21,24). The lowest BCUT2D eigenvalue weighted by Gasteiger charge is -2.15. The van der Waals surface area contributed by atoms with E-state index in [0.717, 1.165) is 34.4 Å². The Hall–Kier alpha value is -2.49. The van der Waals surface area contributed by atoms with Gasteiger partial charge in [0.1, 0.15) is 0 Å². The highest BCUT2D eigenvalue weighted by Crippen LogP contribution is 2.23. The predicted octanol–water partition coefficient (Wildman–Crippen LogP) is 3.12. The number of fused-ring (bicyclic) bond motifs is 1. The van der Waals surface area contributed by atoms with Gasteiger partial charge in [-0.3, -0.25) is 14.2 Å². The van der Waals surface area contributed by atoms with Crippen molar-refractivity contribution >= 4 is 43.2 Å². The number of hydrogen-bond acceptors (Lipinski definition) is 5. The number of aromatic nitrogens is 1. The van der Waals surface area contributed by atoms with Crippen LogP contribution in [0, 0.1) is 0 Å². The van der Waals surface area contributed by atoms with Crippen LogP contribution in [-0.2, 0) is 16.6 Å². The van der Waals surface area contributed by atoms with Crippen LogP contribution >= 0.6 is 11.3 Å². The Labute approximate surface area is 172 Å². The van der Waals surface area contributed by atoms with E-state index in [2.05, 4.69) is 5.32 Å². The van der Waals surface area contributed by atoms with Gasteiger partial charge in [0.2, 0.25) is 10.0 Å². The minimum atomic E-state index is -3.50. The van der Waals surface area contributed by atoms with Gasteiger partial charge in [-0.25, -0.2) is 8.42 Å². The highest BCUT2D eigenvalue weighted by molar-refractivity contribution is 7.89. The summed E-state index contributed by atoms with van der Waals surface area (Å²) < 4.78 is 29.1. The van der Waals surface area contributed by atoms with E-state index in [-0.39, 0.29) is 15.7 Å². The third-order valence-electron chi connectivity index (χ3n) is 5.06. The van der Waals surface area contributed by atoms with Crippen molar-refractivity contribution in [1.82, 2.24) is 8.87 Å². The van der Waals surface area contributed by atoms with Gasteiger partial charge in [-0.15, -0.1) is 0 Å². The molecule has 29 heavy (non-hydrogen) atoms. The van der Waals surface area contributed by atoms with Crippen molar-refractivity contribution in [1.29, 1.82) is 0 Å². The highest BCUT2D eigenvalue weighted by Gasteiger charge is 2.27. The van der Waals surface area contributed by atoms with Gasteiger partial charge in [-0.1, -0.05) is 11.3 Å². The topological polar surface area (TPSA) is 88.5 Å². The molecule has 2 aromatic carbocycles. The summed E-state index contributed by atoms with van der Waals surface area (Å²) in [5.41, 5.74) is 1.79. The third kappa shape index (κ3) is 3.73. The van der Waals surface area contributed by atoms with Crippen molar-refractivity contribution < 1.29 is 13.2 Å². The van der Waals surface area contributed by atoms with Crippen LogP contribution in [0.15, 0.2) is 52.2 Å². The molecule has 0 spiro atoms. The number of nitrogens with zero attached hydrogens (tertiary/aromatic N) is 2. The van der Waals surface area contributed by atoms with Crippen LogP contribution in [-0.4, -0.2) is 36.3 Å².